The Morgan fingerprint density at radius 1 is 0.540 bits per heavy atom. The number of allylic oxidation sites excluding steroid dienone is 4. The van der Waals surface area contributed by atoms with Gasteiger partial charge >= 0.3 is 0 Å². The molecule has 0 spiro atoms. The van der Waals surface area contributed by atoms with Gasteiger partial charge in [0.2, 0.25) is 0 Å². The minimum Gasteiger partial charge on any atom is -0.310 e. The Hall–Kier alpha value is -5.18. The zero-order valence-electron chi connectivity index (χ0n) is 29.0. The maximum Gasteiger partial charge on any atom is 0.0506 e. The molecule has 3 aliphatic rings. The summed E-state index contributed by atoms with van der Waals surface area (Å²) in [5.41, 5.74) is 17.3. The fraction of sp³-hybridized carbons (Fsp3) is 0.167. The maximum atomic E-state index is 2.55. The van der Waals surface area contributed by atoms with E-state index in [9.17, 15) is 0 Å². The van der Waals surface area contributed by atoms with Crippen LogP contribution in [0, 0.1) is 0 Å². The van der Waals surface area contributed by atoms with Crippen LogP contribution >= 0.6 is 11.3 Å². The first kappa shape index (κ1) is 29.7. The number of thiophene rings is 1. The smallest absolute Gasteiger partial charge is 0.0506 e. The largest absolute Gasteiger partial charge is 0.310 e. The minimum absolute atomic E-state index is 0.0112. The van der Waals surface area contributed by atoms with Crippen LogP contribution in [0.1, 0.15) is 62.8 Å². The van der Waals surface area contributed by atoms with Crippen LogP contribution in [0.25, 0.3) is 48.0 Å². The van der Waals surface area contributed by atoms with Gasteiger partial charge in [0, 0.05) is 36.7 Å². The third-order valence-corrected chi connectivity index (χ3v) is 12.9. The lowest BCUT2D eigenvalue weighted by Crippen LogP contribution is -2.31. The topological polar surface area (TPSA) is 3.24 Å². The van der Waals surface area contributed by atoms with Gasteiger partial charge in [-0.25, -0.2) is 0 Å². The van der Waals surface area contributed by atoms with Crippen molar-refractivity contribution in [3.8, 4) is 22.3 Å². The fourth-order valence-electron chi connectivity index (χ4n) is 9.03. The summed E-state index contributed by atoms with van der Waals surface area (Å²) in [6, 6.07) is 47.9. The lowest BCUT2D eigenvalue weighted by molar-refractivity contribution is 0.625. The molecule has 2 aliphatic carbocycles. The van der Waals surface area contributed by atoms with Crippen molar-refractivity contribution < 1.29 is 0 Å². The number of anilines is 3. The molecule has 0 saturated carbocycles. The van der Waals surface area contributed by atoms with Crippen LogP contribution < -0.4 is 4.90 Å². The molecule has 0 saturated heterocycles. The first-order chi connectivity index (χ1) is 24.3. The van der Waals surface area contributed by atoms with E-state index in [2.05, 4.69) is 172 Å². The lowest BCUT2D eigenvalue weighted by atomic mass is 9.71. The summed E-state index contributed by atoms with van der Waals surface area (Å²) in [6.07, 6.45) is 7.01. The van der Waals surface area contributed by atoms with Gasteiger partial charge in [-0.1, -0.05) is 119 Å². The summed E-state index contributed by atoms with van der Waals surface area (Å²) in [7, 11) is 0. The molecule has 0 radical (unpaired) electrons. The van der Waals surface area contributed by atoms with Crippen molar-refractivity contribution in [2.75, 3.05) is 4.90 Å². The monoisotopic (exact) mass is 661 g/mol. The van der Waals surface area contributed by atoms with E-state index in [1.807, 2.05) is 11.3 Å². The van der Waals surface area contributed by atoms with E-state index < -0.39 is 0 Å². The second-order valence-electron chi connectivity index (χ2n) is 15.3. The van der Waals surface area contributed by atoms with Gasteiger partial charge in [0.1, 0.15) is 0 Å². The standard InChI is InChI=1S/C48H39NS/c1-47(2)39-13-7-5-11-35(39)37-28-42-44(29-41(37)47)49(43-15-9-8-14-40(43)48(42,3)4)34-24-21-31(22-25-34)30-17-19-32(20-18-30)33-23-26-46-38(27-33)36-12-6-10-16-45(36)50-46/h6-10,12-29H,5,11H2,1-4H3. The van der Waals surface area contributed by atoms with Crippen molar-refractivity contribution in [2.45, 2.75) is 51.4 Å². The van der Waals surface area contributed by atoms with Crippen LogP contribution in [0.15, 0.2) is 145 Å². The predicted molar refractivity (Wildman–Crippen MR) is 215 cm³/mol. The molecule has 0 bridgehead atoms. The van der Waals surface area contributed by atoms with Gasteiger partial charge in [0.25, 0.3) is 0 Å². The van der Waals surface area contributed by atoms with Crippen LogP contribution in [0.2, 0.25) is 0 Å². The summed E-state index contributed by atoms with van der Waals surface area (Å²) < 4.78 is 2.69. The third-order valence-electron chi connectivity index (χ3n) is 11.8. The van der Waals surface area contributed by atoms with Crippen LogP contribution in [0.4, 0.5) is 17.1 Å². The van der Waals surface area contributed by atoms with E-state index in [0.717, 1.165) is 12.8 Å². The number of hydrogen-bond donors (Lipinski definition) is 0. The van der Waals surface area contributed by atoms with Crippen molar-refractivity contribution in [1.82, 2.24) is 0 Å². The summed E-state index contributed by atoms with van der Waals surface area (Å²) in [5.74, 6) is 0. The Labute approximate surface area is 298 Å². The van der Waals surface area contributed by atoms with Crippen LogP contribution in [0.5, 0.6) is 0 Å². The van der Waals surface area contributed by atoms with Crippen LogP contribution in [0.3, 0.4) is 0 Å². The van der Waals surface area contributed by atoms with Crippen molar-refractivity contribution in [2.24, 2.45) is 0 Å². The van der Waals surface area contributed by atoms with Gasteiger partial charge in [-0.2, -0.15) is 0 Å². The van der Waals surface area contributed by atoms with Gasteiger partial charge in [-0.15, -0.1) is 11.3 Å². The Morgan fingerprint density at radius 3 is 2.00 bits per heavy atom. The molecule has 10 rings (SSSR count). The number of benzene rings is 6. The highest BCUT2D eigenvalue weighted by Crippen LogP contribution is 2.57. The van der Waals surface area contributed by atoms with Crippen LogP contribution in [-0.2, 0) is 10.8 Å². The summed E-state index contributed by atoms with van der Waals surface area (Å²) >= 11 is 1.87. The van der Waals surface area contributed by atoms with Crippen LogP contribution in [-0.4, -0.2) is 0 Å². The second-order valence-corrected chi connectivity index (χ2v) is 16.4. The Kier molecular flexibility index (Phi) is 6.33. The zero-order chi connectivity index (χ0) is 33.8. The molecule has 0 N–H and O–H groups in total. The molecule has 50 heavy (non-hydrogen) atoms. The van der Waals surface area contributed by atoms with Gasteiger partial charge in [-0.3, -0.25) is 0 Å². The number of fused-ring (bicyclic) bond motifs is 7. The van der Waals surface area contributed by atoms with E-state index in [4.69, 9.17) is 0 Å². The van der Waals surface area contributed by atoms with Crippen molar-refractivity contribution >= 4 is 54.1 Å². The molecule has 0 fully saturated rings. The number of para-hydroxylation sites is 1. The first-order valence-corrected chi connectivity index (χ1v) is 18.7. The quantitative estimate of drug-likeness (QED) is 0.182. The van der Waals surface area contributed by atoms with Gasteiger partial charge in [-0.05, 0) is 117 Å². The third kappa shape index (κ3) is 4.25. The number of rotatable bonds is 3. The molecule has 2 heterocycles. The molecule has 2 heteroatoms. The number of nitrogens with zero attached hydrogens (tertiary/aromatic N) is 1. The molecular weight excluding hydrogens is 623 g/mol. The van der Waals surface area contributed by atoms with Gasteiger partial charge < -0.3 is 4.90 Å². The molecule has 0 atom stereocenters. The normalized spacial score (nSPS) is 16.8. The van der Waals surface area contributed by atoms with E-state index in [-0.39, 0.29) is 10.8 Å². The van der Waals surface area contributed by atoms with E-state index in [1.165, 1.54) is 87.3 Å². The summed E-state index contributed by atoms with van der Waals surface area (Å²) in [5, 5.41) is 2.68. The van der Waals surface area contributed by atoms with E-state index in [1.54, 1.807) is 5.57 Å². The van der Waals surface area contributed by atoms with E-state index >= 15 is 0 Å². The highest BCUT2D eigenvalue weighted by atomic mass is 32.1. The zero-order valence-corrected chi connectivity index (χ0v) is 29.9. The molecular formula is C48H39NS. The highest BCUT2D eigenvalue weighted by Gasteiger charge is 2.42. The molecule has 0 amide bonds. The highest BCUT2D eigenvalue weighted by molar-refractivity contribution is 7.25. The molecule has 1 aliphatic heterocycles. The SMILES string of the molecule is CC1(C)C2=C(CCC=C2)c2cc3c(cc21)N(c1ccc(-c2ccc(-c4ccc5sc6ccccc6c5c4)cc2)cc1)c1ccccc1C3(C)C. The van der Waals surface area contributed by atoms with Crippen molar-refractivity contribution in [1.29, 1.82) is 0 Å². The van der Waals surface area contributed by atoms with Crippen molar-refractivity contribution in [3.63, 3.8) is 0 Å². The first-order valence-electron chi connectivity index (χ1n) is 17.9. The number of hydrogen-bond acceptors (Lipinski definition) is 2. The maximum absolute atomic E-state index is 2.55. The Morgan fingerprint density at radius 2 is 1.20 bits per heavy atom. The summed E-state index contributed by atoms with van der Waals surface area (Å²) in [6.45, 7) is 9.62. The van der Waals surface area contributed by atoms with Gasteiger partial charge in [0.15, 0.2) is 0 Å². The molecule has 1 aromatic heterocycles. The molecule has 1 nitrogen and oxygen atoms in total. The lowest BCUT2D eigenvalue weighted by Gasteiger charge is -2.43. The molecule has 242 valence electrons. The average molecular weight is 662 g/mol. The van der Waals surface area contributed by atoms with Crippen molar-refractivity contribution in [3.05, 3.63) is 167 Å². The molecule has 0 unspecified atom stereocenters. The molecule has 7 aromatic rings. The summed E-state index contributed by atoms with van der Waals surface area (Å²) in [4.78, 5) is 2.51. The van der Waals surface area contributed by atoms with Gasteiger partial charge in [0.05, 0.1) is 11.4 Å². The fourth-order valence-corrected chi connectivity index (χ4v) is 10.1. The van der Waals surface area contributed by atoms with E-state index in [0.29, 0.717) is 0 Å². The second kappa shape index (κ2) is 10.7. The minimum atomic E-state index is -0.113. The Balaban J connectivity index is 1.02. The molecule has 6 aromatic carbocycles. The average Bonchev–Trinajstić information content (AvgIpc) is 3.63. The Bertz CT molecular complexity index is 2570. The predicted octanol–water partition coefficient (Wildman–Crippen LogP) is 13.9.